The molecule has 0 spiro atoms. The third-order valence-electron chi connectivity index (χ3n) is 5.13. The van der Waals surface area contributed by atoms with E-state index < -0.39 is 6.04 Å². The first-order valence-corrected chi connectivity index (χ1v) is 9.17. The number of fused-ring (bicyclic) bond motifs is 2. The lowest BCUT2D eigenvalue weighted by Gasteiger charge is -2.16. The van der Waals surface area contributed by atoms with Crippen LogP contribution in [0.4, 0.5) is 5.69 Å². The van der Waals surface area contributed by atoms with Crippen LogP contribution in [0.5, 0.6) is 0 Å². The Kier molecular flexibility index (Phi) is 4.62. The van der Waals surface area contributed by atoms with Crippen LogP contribution in [0.3, 0.4) is 0 Å². The standard InChI is InChI=1S/C21H21N3O3/c25-19(22-15-11-13-5-1-2-6-14(13)12-15)10-9-18-21(27)23-17-8-4-3-7-16(17)20(26)24-18/h1-8,15,18H,9-12H2,(H,22,25)(H,23,27)(H,24,26)/t18-/m1/s1. The normalized spacial score (nSPS) is 18.7. The van der Waals surface area contributed by atoms with Gasteiger partial charge in [-0.2, -0.15) is 0 Å². The Morgan fingerprint density at radius 1 is 1.00 bits per heavy atom. The minimum atomic E-state index is -0.726. The zero-order valence-electron chi connectivity index (χ0n) is 14.8. The smallest absolute Gasteiger partial charge is 0.254 e. The molecule has 6 nitrogen and oxygen atoms in total. The van der Waals surface area contributed by atoms with E-state index in [9.17, 15) is 14.4 Å². The molecule has 3 N–H and O–H groups in total. The van der Waals surface area contributed by atoms with Crippen molar-refractivity contribution in [3.8, 4) is 0 Å². The van der Waals surface area contributed by atoms with Crippen molar-refractivity contribution >= 4 is 23.4 Å². The summed E-state index contributed by atoms with van der Waals surface area (Å²) in [4.78, 5) is 37.0. The fourth-order valence-electron chi connectivity index (χ4n) is 3.75. The van der Waals surface area contributed by atoms with E-state index in [1.54, 1.807) is 24.3 Å². The van der Waals surface area contributed by atoms with Crippen LogP contribution in [-0.4, -0.2) is 29.8 Å². The highest BCUT2D eigenvalue weighted by molar-refractivity contribution is 6.09. The Bertz CT molecular complexity index is 884. The molecule has 2 aromatic carbocycles. The Morgan fingerprint density at radius 3 is 2.41 bits per heavy atom. The molecule has 0 fully saturated rings. The van der Waals surface area contributed by atoms with Gasteiger partial charge in [0.2, 0.25) is 11.8 Å². The summed E-state index contributed by atoms with van der Waals surface area (Å²) in [6.07, 6.45) is 2.11. The largest absolute Gasteiger partial charge is 0.353 e. The molecule has 2 aliphatic rings. The summed E-state index contributed by atoms with van der Waals surface area (Å²) in [7, 11) is 0. The zero-order chi connectivity index (χ0) is 18.8. The van der Waals surface area contributed by atoms with Crippen molar-refractivity contribution in [3.63, 3.8) is 0 Å². The molecule has 138 valence electrons. The minimum Gasteiger partial charge on any atom is -0.353 e. The molecule has 1 atom stereocenters. The minimum absolute atomic E-state index is 0.0942. The van der Waals surface area contributed by atoms with Crippen LogP contribution < -0.4 is 16.0 Å². The van der Waals surface area contributed by atoms with Crippen molar-refractivity contribution in [1.29, 1.82) is 0 Å². The van der Waals surface area contributed by atoms with Gasteiger partial charge in [0.15, 0.2) is 0 Å². The highest BCUT2D eigenvalue weighted by Crippen LogP contribution is 2.22. The second-order valence-electron chi connectivity index (χ2n) is 7.04. The summed E-state index contributed by atoms with van der Waals surface area (Å²) < 4.78 is 0. The number of rotatable bonds is 4. The number of carbonyl (C=O) groups excluding carboxylic acids is 3. The van der Waals surface area contributed by atoms with Crippen LogP contribution >= 0.6 is 0 Å². The summed E-state index contributed by atoms with van der Waals surface area (Å²) in [5.41, 5.74) is 3.48. The van der Waals surface area contributed by atoms with E-state index in [2.05, 4.69) is 28.1 Å². The fraction of sp³-hybridized carbons (Fsp3) is 0.286. The van der Waals surface area contributed by atoms with Crippen molar-refractivity contribution in [2.24, 2.45) is 0 Å². The van der Waals surface area contributed by atoms with Gasteiger partial charge in [-0.15, -0.1) is 0 Å². The lowest BCUT2D eigenvalue weighted by molar-refractivity contribution is -0.122. The van der Waals surface area contributed by atoms with E-state index >= 15 is 0 Å². The van der Waals surface area contributed by atoms with Gasteiger partial charge in [0.25, 0.3) is 5.91 Å². The number of anilines is 1. The van der Waals surface area contributed by atoms with Gasteiger partial charge < -0.3 is 16.0 Å². The maximum atomic E-state index is 12.4. The van der Waals surface area contributed by atoms with E-state index in [0.717, 1.165) is 12.8 Å². The van der Waals surface area contributed by atoms with Gasteiger partial charge in [-0.25, -0.2) is 0 Å². The highest BCUT2D eigenvalue weighted by Gasteiger charge is 2.28. The average Bonchev–Trinajstić information content (AvgIpc) is 3.02. The van der Waals surface area contributed by atoms with Crippen LogP contribution in [0, 0.1) is 0 Å². The molecule has 4 rings (SSSR count). The van der Waals surface area contributed by atoms with Gasteiger partial charge in [0.1, 0.15) is 6.04 Å². The molecule has 0 aromatic heterocycles. The lowest BCUT2D eigenvalue weighted by atomic mass is 10.1. The van der Waals surface area contributed by atoms with Crippen LogP contribution in [0.25, 0.3) is 0 Å². The van der Waals surface area contributed by atoms with Gasteiger partial charge in [-0.3, -0.25) is 14.4 Å². The SMILES string of the molecule is O=C(CC[C@H]1NC(=O)c2ccccc2NC1=O)NC1Cc2ccccc2C1. The van der Waals surface area contributed by atoms with Crippen molar-refractivity contribution in [2.45, 2.75) is 37.8 Å². The second kappa shape index (κ2) is 7.23. The first kappa shape index (κ1) is 17.3. The highest BCUT2D eigenvalue weighted by atomic mass is 16.2. The molecule has 0 unspecified atom stereocenters. The molecule has 0 saturated carbocycles. The average molecular weight is 363 g/mol. The molecule has 3 amide bonds. The van der Waals surface area contributed by atoms with Crippen LogP contribution in [0.1, 0.15) is 34.3 Å². The molecule has 1 heterocycles. The van der Waals surface area contributed by atoms with Crippen molar-refractivity contribution in [2.75, 3.05) is 5.32 Å². The van der Waals surface area contributed by atoms with Gasteiger partial charge in [-0.05, 0) is 42.5 Å². The summed E-state index contributed by atoms with van der Waals surface area (Å²) in [6, 6.07) is 14.4. The number of amides is 3. The monoisotopic (exact) mass is 363 g/mol. The lowest BCUT2D eigenvalue weighted by Crippen LogP contribution is -2.42. The predicted octanol–water partition coefficient (Wildman–Crippen LogP) is 1.80. The van der Waals surface area contributed by atoms with Gasteiger partial charge >= 0.3 is 0 Å². The molecule has 2 aromatic rings. The van der Waals surface area contributed by atoms with Crippen LogP contribution in [0.15, 0.2) is 48.5 Å². The number of para-hydroxylation sites is 1. The topological polar surface area (TPSA) is 87.3 Å². The maximum Gasteiger partial charge on any atom is 0.254 e. The first-order chi connectivity index (χ1) is 13.1. The number of hydrogen-bond acceptors (Lipinski definition) is 3. The van der Waals surface area contributed by atoms with Crippen LogP contribution in [0.2, 0.25) is 0 Å². The molecule has 6 heteroatoms. The Labute approximate surface area is 157 Å². The van der Waals surface area contributed by atoms with E-state index in [-0.39, 0.29) is 36.6 Å². The number of benzene rings is 2. The van der Waals surface area contributed by atoms with E-state index in [1.807, 2.05) is 12.1 Å². The second-order valence-corrected chi connectivity index (χ2v) is 7.04. The molecular weight excluding hydrogens is 342 g/mol. The number of nitrogens with one attached hydrogen (secondary N) is 3. The van der Waals surface area contributed by atoms with Gasteiger partial charge in [0, 0.05) is 12.5 Å². The maximum absolute atomic E-state index is 12.4. The molecule has 0 radical (unpaired) electrons. The molecule has 0 saturated heterocycles. The Hall–Kier alpha value is -3.15. The third-order valence-corrected chi connectivity index (χ3v) is 5.13. The zero-order valence-corrected chi connectivity index (χ0v) is 14.8. The van der Waals surface area contributed by atoms with E-state index in [1.165, 1.54) is 11.1 Å². The third kappa shape index (κ3) is 3.69. The van der Waals surface area contributed by atoms with Crippen LogP contribution in [-0.2, 0) is 22.4 Å². The summed E-state index contributed by atoms with van der Waals surface area (Å²) >= 11 is 0. The first-order valence-electron chi connectivity index (χ1n) is 9.17. The van der Waals surface area contributed by atoms with Gasteiger partial charge in [0.05, 0.1) is 11.3 Å². The quantitative estimate of drug-likeness (QED) is 0.774. The van der Waals surface area contributed by atoms with E-state index in [4.69, 9.17) is 0 Å². The Balaban J connectivity index is 1.32. The molecule has 27 heavy (non-hydrogen) atoms. The Morgan fingerprint density at radius 2 is 1.67 bits per heavy atom. The molecule has 0 bridgehead atoms. The van der Waals surface area contributed by atoms with Crippen molar-refractivity contribution in [3.05, 3.63) is 65.2 Å². The van der Waals surface area contributed by atoms with Crippen molar-refractivity contribution in [1.82, 2.24) is 10.6 Å². The number of hydrogen-bond donors (Lipinski definition) is 3. The molecular formula is C21H21N3O3. The summed E-state index contributed by atoms with van der Waals surface area (Å²) in [6.45, 7) is 0. The molecule has 1 aliphatic heterocycles. The van der Waals surface area contributed by atoms with E-state index in [0.29, 0.717) is 11.3 Å². The molecule has 1 aliphatic carbocycles. The summed E-state index contributed by atoms with van der Waals surface area (Å²) in [5, 5.41) is 8.52. The van der Waals surface area contributed by atoms with Gasteiger partial charge in [-0.1, -0.05) is 36.4 Å². The fourth-order valence-corrected chi connectivity index (χ4v) is 3.75. The van der Waals surface area contributed by atoms with Crippen molar-refractivity contribution < 1.29 is 14.4 Å². The number of carbonyl (C=O) groups is 3. The predicted molar refractivity (Wildman–Crippen MR) is 101 cm³/mol. The summed E-state index contributed by atoms with van der Waals surface area (Å²) in [5.74, 6) is -0.702.